The maximum Gasteiger partial charge on any atom is 0.335 e. The highest BCUT2D eigenvalue weighted by atomic mass is 16.6. The van der Waals surface area contributed by atoms with Crippen LogP contribution in [-0.4, -0.2) is 42.2 Å². The van der Waals surface area contributed by atoms with Gasteiger partial charge in [-0.2, -0.15) is 0 Å². The summed E-state index contributed by atoms with van der Waals surface area (Å²) >= 11 is 0. The van der Waals surface area contributed by atoms with Crippen LogP contribution in [0.2, 0.25) is 0 Å². The first-order valence-electron chi connectivity index (χ1n) is 10.9. The Morgan fingerprint density at radius 1 is 1.11 bits per heavy atom. The highest BCUT2D eigenvalue weighted by Crippen LogP contribution is 2.48. The molecule has 1 aliphatic heterocycles. The van der Waals surface area contributed by atoms with Gasteiger partial charge in [-0.1, -0.05) is 30.3 Å². The predicted octanol–water partition coefficient (Wildman–Crippen LogP) is 4.01. The van der Waals surface area contributed by atoms with Crippen molar-refractivity contribution < 1.29 is 29.1 Å². The fraction of sp³-hybridized carbons (Fsp3) is 0.280. The van der Waals surface area contributed by atoms with Crippen molar-refractivity contribution >= 4 is 23.3 Å². The van der Waals surface area contributed by atoms with Crippen LogP contribution in [0, 0.1) is 10.1 Å². The standard InChI is InChI=1S/C25H27N3O7/c1-15-19(24(29)30)14-20(25(31)34-3)16(2)27(15)21-11-10-18(17-8-5-4-6-9-17)23(22(21)28(32)33)35-13-7-12-26/h4-6,8-11H,7,12-14,26H2,1-3H3,(H,29,30). The number of methoxy groups -OCH3 is 1. The fourth-order valence-electron chi connectivity index (χ4n) is 4.06. The van der Waals surface area contributed by atoms with Crippen LogP contribution < -0.4 is 15.4 Å². The van der Waals surface area contributed by atoms with Gasteiger partial charge >= 0.3 is 17.6 Å². The maximum absolute atomic E-state index is 12.4. The molecule has 0 atom stereocenters. The molecule has 0 saturated heterocycles. The summed E-state index contributed by atoms with van der Waals surface area (Å²) in [6.45, 7) is 3.63. The minimum atomic E-state index is -1.23. The first kappa shape index (κ1) is 25.4. The summed E-state index contributed by atoms with van der Waals surface area (Å²) in [6, 6.07) is 12.3. The van der Waals surface area contributed by atoms with Gasteiger partial charge < -0.3 is 25.2 Å². The van der Waals surface area contributed by atoms with Gasteiger partial charge in [0.2, 0.25) is 5.75 Å². The number of benzene rings is 2. The van der Waals surface area contributed by atoms with Crippen LogP contribution in [0.15, 0.2) is 65.0 Å². The SMILES string of the molecule is COC(=O)C1=C(C)N(c2ccc(-c3ccccc3)c(OCCCN)c2[N+](=O)[O-])C(C)=C(C(=O)O)C1. The van der Waals surface area contributed by atoms with Crippen molar-refractivity contribution in [1.82, 2.24) is 0 Å². The molecule has 0 saturated carbocycles. The van der Waals surface area contributed by atoms with Gasteiger partial charge in [-0.15, -0.1) is 0 Å². The van der Waals surface area contributed by atoms with E-state index in [1.165, 1.54) is 18.1 Å². The maximum atomic E-state index is 12.4. The molecule has 35 heavy (non-hydrogen) atoms. The number of carboxylic acid groups (broad SMARTS) is 1. The molecule has 10 nitrogen and oxygen atoms in total. The number of anilines is 1. The summed E-state index contributed by atoms with van der Waals surface area (Å²) in [5, 5.41) is 22.2. The number of allylic oxidation sites excluding steroid dienone is 2. The zero-order valence-corrected chi connectivity index (χ0v) is 19.7. The van der Waals surface area contributed by atoms with E-state index in [1.807, 2.05) is 30.3 Å². The van der Waals surface area contributed by atoms with E-state index in [9.17, 15) is 24.8 Å². The number of carboxylic acids is 1. The first-order valence-corrected chi connectivity index (χ1v) is 10.9. The van der Waals surface area contributed by atoms with Gasteiger partial charge in [-0.3, -0.25) is 10.1 Å². The Kier molecular flexibility index (Phi) is 7.87. The molecule has 0 amide bonds. The van der Waals surface area contributed by atoms with Gasteiger partial charge in [-0.25, -0.2) is 9.59 Å². The number of esters is 1. The molecule has 2 aromatic rings. The summed E-state index contributed by atoms with van der Waals surface area (Å²) in [6.07, 6.45) is 0.318. The van der Waals surface area contributed by atoms with Crippen molar-refractivity contribution in [2.75, 3.05) is 25.2 Å². The largest absolute Gasteiger partial charge is 0.486 e. The number of nitrogens with zero attached hydrogens (tertiary/aromatic N) is 2. The van der Waals surface area contributed by atoms with Crippen molar-refractivity contribution in [3.63, 3.8) is 0 Å². The Balaban J connectivity index is 2.33. The van der Waals surface area contributed by atoms with Crippen molar-refractivity contribution in [1.29, 1.82) is 0 Å². The van der Waals surface area contributed by atoms with Crippen molar-refractivity contribution in [2.45, 2.75) is 26.7 Å². The van der Waals surface area contributed by atoms with Crippen LogP contribution in [0.25, 0.3) is 11.1 Å². The Morgan fingerprint density at radius 3 is 2.34 bits per heavy atom. The molecular formula is C25H27N3O7. The van der Waals surface area contributed by atoms with Crippen molar-refractivity contribution in [3.8, 4) is 16.9 Å². The van der Waals surface area contributed by atoms with Crippen LogP contribution in [0.5, 0.6) is 5.75 Å². The third kappa shape index (κ3) is 5.02. The molecule has 0 radical (unpaired) electrons. The Labute approximate surface area is 202 Å². The number of nitrogens with two attached hydrogens (primary N) is 1. The molecule has 1 heterocycles. The zero-order chi connectivity index (χ0) is 25.7. The monoisotopic (exact) mass is 481 g/mol. The predicted molar refractivity (Wildman–Crippen MR) is 130 cm³/mol. The van der Waals surface area contributed by atoms with E-state index in [1.54, 1.807) is 19.9 Å². The second-order valence-corrected chi connectivity index (χ2v) is 7.86. The number of hydrogen-bond acceptors (Lipinski definition) is 8. The molecule has 0 aliphatic carbocycles. The van der Waals surface area contributed by atoms with Gasteiger partial charge in [-0.05, 0) is 44.5 Å². The number of carbonyl (C=O) groups is 2. The minimum Gasteiger partial charge on any atom is -0.486 e. The molecule has 2 aromatic carbocycles. The van der Waals surface area contributed by atoms with Crippen molar-refractivity contribution in [2.24, 2.45) is 5.73 Å². The van der Waals surface area contributed by atoms with Gasteiger partial charge in [0, 0.05) is 23.4 Å². The summed E-state index contributed by atoms with van der Waals surface area (Å²) in [5.74, 6) is -1.90. The third-order valence-corrected chi connectivity index (χ3v) is 5.80. The van der Waals surface area contributed by atoms with Crippen LogP contribution in [0.3, 0.4) is 0 Å². The molecule has 0 aromatic heterocycles. The number of ether oxygens (including phenoxy) is 2. The lowest BCUT2D eigenvalue weighted by Crippen LogP contribution is -2.30. The van der Waals surface area contributed by atoms with Gasteiger partial charge in [0.15, 0.2) is 0 Å². The average molecular weight is 482 g/mol. The number of nitro groups is 1. The van der Waals surface area contributed by atoms with Gasteiger partial charge in [0.25, 0.3) is 0 Å². The van der Waals surface area contributed by atoms with Crippen LogP contribution in [0.1, 0.15) is 26.7 Å². The summed E-state index contributed by atoms with van der Waals surface area (Å²) in [5.41, 5.74) is 7.16. The second kappa shape index (κ2) is 10.8. The number of carbonyl (C=O) groups excluding carboxylic acids is 1. The number of rotatable bonds is 9. The van der Waals surface area contributed by atoms with E-state index in [0.29, 0.717) is 29.8 Å². The van der Waals surface area contributed by atoms with E-state index in [-0.39, 0.29) is 47.0 Å². The lowest BCUT2D eigenvalue weighted by Gasteiger charge is -2.33. The van der Waals surface area contributed by atoms with E-state index in [0.717, 1.165) is 0 Å². The Hall–Kier alpha value is -4.18. The first-order chi connectivity index (χ1) is 16.7. The number of aliphatic carboxylic acids is 1. The summed E-state index contributed by atoms with van der Waals surface area (Å²) in [4.78, 5) is 37.7. The molecule has 10 heteroatoms. The highest BCUT2D eigenvalue weighted by molar-refractivity contribution is 5.98. The normalized spacial score (nSPS) is 13.7. The van der Waals surface area contributed by atoms with E-state index in [2.05, 4.69) is 0 Å². The van der Waals surface area contributed by atoms with Crippen LogP contribution in [-0.2, 0) is 14.3 Å². The van der Waals surface area contributed by atoms with E-state index >= 15 is 0 Å². The average Bonchev–Trinajstić information content (AvgIpc) is 2.84. The quantitative estimate of drug-likeness (QED) is 0.235. The molecule has 1 aliphatic rings. The highest BCUT2D eigenvalue weighted by Gasteiger charge is 2.36. The van der Waals surface area contributed by atoms with Gasteiger partial charge in [0.05, 0.1) is 29.8 Å². The lowest BCUT2D eigenvalue weighted by atomic mass is 9.95. The Bertz CT molecular complexity index is 1220. The molecule has 0 unspecified atom stereocenters. The smallest absolute Gasteiger partial charge is 0.335 e. The summed E-state index contributed by atoms with van der Waals surface area (Å²) in [7, 11) is 1.19. The number of hydrogen-bond donors (Lipinski definition) is 2. The molecule has 3 rings (SSSR count). The minimum absolute atomic E-state index is 0.0369. The van der Waals surface area contributed by atoms with Crippen molar-refractivity contribution in [3.05, 3.63) is 75.1 Å². The third-order valence-electron chi connectivity index (χ3n) is 5.80. The van der Waals surface area contributed by atoms with E-state index < -0.39 is 16.9 Å². The molecule has 0 bridgehead atoms. The van der Waals surface area contributed by atoms with Crippen LogP contribution in [0.4, 0.5) is 11.4 Å². The number of nitro benzene ring substituents is 1. The lowest BCUT2D eigenvalue weighted by molar-refractivity contribution is -0.385. The molecule has 0 fully saturated rings. The molecule has 3 N–H and O–H groups in total. The zero-order valence-electron chi connectivity index (χ0n) is 19.7. The van der Waals surface area contributed by atoms with Crippen LogP contribution >= 0.6 is 0 Å². The van der Waals surface area contributed by atoms with Gasteiger partial charge in [0.1, 0.15) is 5.69 Å². The second-order valence-electron chi connectivity index (χ2n) is 7.86. The fourth-order valence-corrected chi connectivity index (χ4v) is 4.06. The summed E-state index contributed by atoms with van der Waals surface area (Å²) < 4.78 is 10.7. The topological polar surface area (TPSA) is 145 Å². The molecular weight excluding hydrogens is 454 g/mol. The van der Waals surface area contributed by atoms with E-state index in [4.69, 9.17) is 15.2 Å². The Morgan fingerprint density at radius 2 is 1.77 bits per heavy atom. The molecule has 0 spiro atoms. The molecule has 184 valence electrons.